The number of nitrogens with one attached hydrogen (secondary N) is 1. The van der Waals surface area contributed by atoms with E-state index in [1.807, 2.05) is 37.2 Å². The molecule has 1 atom stereocenters. The van der Waals surface area contributed by atoms with Gasteiger partial charge in [0.1, 0.15) is 0 Å². The van der Waals surface area contributed by atoms with Gasteiger partial charge in [0.05, 0.1) is 11.7 Å². The van der Waals surface area contributed by atoms with Crippen molar-refractivity contribution in [1.29, 1.82) is 0 Å². The first-order chi connectivity index (χ1) is 9.06. The summed E-state index contributed by atoms with van der Waals surface area (Å²) in [6, 6.07) is 1.99. The van der Waals surface area contributed by atoms with Gasteiger partial charge in [0.2, 0.25) is 5.91 Å². The molecule has 1 fully saturated rings. The number of rotatable bonds is 2. The van der Waals surface area contributed by atoms with Gasteiger partial charge in [-0.05, 0) is 51.6 Å². The normalized spacial score (nSPS) is 22.5. The van der Waals surface area contributed by atoms with Crippen molar-refractivity contribution in [2.75, 3.05) is 11.9 Å². The molecule has 1 aromatic heterocycles. The van der Waals surface area contributed by atoms with Crippen LogP contribution in [0.4, 0.5) is 5.69 Å². The van der Waals surface area contributed by atoms with Crippen LogP contribution in [0.25, 0.3) is 0 Å². The fourth-order valence-electron chi connectivity index (χ4n) is 2.56. The Morgan fingerprint density at radius 3 is 2.63 bits per heavy atom. The first kappa shape index (κ1) is 16.2. The summed E-state index contributed by atoms with van der Waals surface area (Å²) in [4.78, 5) is 14.5. The molecule has 0 bridgehead atoms. The zero-order valence-electron chi connectivity index (χ0n) is 12.7. The fraction of sp³-hybridized carbons (Fsp3) is 0.667. The molecule has 1 amide bonds. The number of amides is 1. The molecule has 0 aliphatic carbocycles. The Morgan fingerprint density at radius 2 is 2.11 bits per heavy atom. The highest BCUT2D eigenvalue weighted by molar-refractivity contribution is 7.08. The topological polar surface area (TPSA) is 32.3 Å². The lowest BCUT2D eigenvalue weighted by atomic mass is 9.96. The molecule has 3 nitrogen and oxygen atoms in total. The van der Waals surface area contributed by atoms with Crippen LogP contribution in [0.1, 0.15) is 47.0 Å². The summed E-state index contributed by atoms with van der Waals surface area (Å²) in [7, 11) is 1.87. The zero-order valence-corrected chi connectivity index (χ0v) is 13.5. The Bertz CT molecular complexity index is 387. The second-order valence-corrected chi connectivity index (χ2v) is 5.98. The SMILES string of the molecule is CC.CNC1CCCC(C)(C)N(c2ccsc2)C1=O. The third kappa shape index (κ3) is 3.57. The van der Waals surface area contributed by atoms with E-state index in [9.17, 15) is 4.79 Å². The van der Waals surface area contributed by atoms with E-state index in [0.717, 1.165) is 24.9 Å². The molecule has 1 saturated heterocycles. The van der Waals surface area contributed by atoms with Crippen molar-refractivity contribution in [2.45, 2.75) is 58.5 Å². The molecule has 2 rings (SSSR count). The zero-order chi connectivity index (χ0) is 14.5. The molecule has 4 heteroatoms. The monoisotopic (exact) mass is 282 g/mol. The lowest BCUT2D eigenvalue weighted by molar-refractivity contribution is -0.121. The van der Waals surface area contributed by atoms with E-state index < -0.39 is 0 Å². The van der Waals surface area contributed by atoms with Gasteiger partial charge in [-0.2, -0.15) is 11.3 Å². The summed E-state index contributed by atoms with van der Waals surface area (Å²) in [5, 5.41) is 7.21. The second kappa shape index (κ2) is 7.06. The largest absolute Gasteiger partial charge is 0.309 e. The van der Waals surface area contributed by atoms with Gasteiger partial charge in [-0.3, -0.25) is 4.79 Å². The Kier molecular flexibility index (Phi) is 6.01. The van der Waals surface area contributed by atoms with Gasteiger partial charge in [0.15, 0.2) is 0 Å². The van der Waals surface area contributed by atoms with Crippen LogP contribution in [-0.4, -0.2) is 24.5 Å². The quantitative estimate of drug-likeness (QED) is 0.898. The maximum atomic E-state index is 12.6. The number of hydrogen-bond donors (Lipinski definition) is 1. The second-order valence-electron chi connectivity index (χ2n) is 5.20. The van der Waals surface area contributed by atoms with E-state index in [1.165, 1.54) is 0 Å². The minimum absolute atomic E-state index is 0.0447. The molecule has 1 N–H and O–H groups in total. The Balaban J connectivity index is 0.000000861. The minimum atomic E-state index is -0.0935. The van der Waals surface area contributed by atoms with Gasteiger partial charge in [0, 0.05) is 10.9 Å². The Labute approximate surface area is 121 Å². The van der Waals surface area contributed by atoms with E-state index in [4.69, 9.17) is 0 Å². The van der Waals surface area contributed by atoms with Crippen LogP contribution in [-0.2, 0) is 4.79 Å². The van der Waals surface area contributed by atoms with E-state index >= 15 is 0 Å². The van der Waals surface area contributed by atoms with Crippen molar-refractivity contribution in [3.63, 3.8) is 0 Å². The Hall–Kier alpha value is -0.870. The van der Waals surface area contributed by atoms with Crippen molar-refractivity contribution >= 4 is 22.9 Å². The van der Waals surface area contributed by atoms with E-state index in [0.29, 0.717) is 0 Å². The van der Waals surface area contributed by atoms with Crippen molar-refractivity contribution < 1.29 is 4.79 Å². The molecule has 0 saturated carbocycles. The molecular formula is C15H26N2OS. The standard InChI is InChI=1S/C13H20N2OS.C2H6/c1-13(2)7-4-5-11(14-3)12(16)15(13)10-6-8-17-9-10;1-2/h6,8-9,11,14H,4-5,7H2,1-3H3;1-2H3. The smallest absolute Gasteiger partial charge is 0.244 e. The summed E-state index contributed by atoms with van der Waals surface area (Å²) in [5.41, 5.74) is 0.941. The van der Waals surface area contributed by atoms with Gasteiger partial charge in [0.25, 0.3) is 0 Å². The average molecular weight is 282 g/mol. The van der Waals surface area contributed by atoms with Crippen LogP contribution in [0.2, 0.25) is 0 Å². The van der Waals surface area contributed by atoms with Crippen LogP contribution in [0, 0.1) is 0 Å². The number of anilines is 1. The predicted molar refractivity (Wildman–Crippen MR) is 83.9 cm³/mol. The van der Waals surface area contributed by atoms with E-state index in [-0.39, 0.29) is 17.5 Å². The van der Waals surface area contributed by atoms with E-state index in [2.05, 4.69) is 24.5 Å². The molecule has 0 aromatic carbocycles. The third-order valence-electron chi connectivity index (χ3n) is 3.52. The highest BCUT2D eigenvalue weighted by atomic mass is 32.1. The van der Waals surface area contributed by atoms with Crippen LogP contribution >= 0.6 is 11.3 Å². The summed E-state index contributed by atoms with van der Waals surface area (Å²) >= 11 is 1.64. The van der Waals surface area contributed by atoms with Crippen LogP contribution in [0.15, 0.2) is 16.8 Å². The first-order valence-electron chi connectivity index (χ1n) is 7.10. The highest BCUT2D eigenvalue weighted by Gasteiger charge is 2.38. The molecule has 0 spiro atoms. The van der Waals surface area contributed by atoms with Gasteiger partial charge >= 0.3 is 0 Å². The molecule has 108 valence electrons. The summed E-state index contributed by atoms with van der Waals surface area (Å²) in [6.07, 6.45) is 3.07. The maximum absolute atomic E-state index is 12.6. The van der Waals surface area contributed by atoms with Gasteiger partial charge < -0.3 is 10.2 Å². The van der Waals surface area contributed by atoms with Crippen LogP contribution in [0.5, 0.6) is 0 Å². The fourth-order valence-corrected chi connectivity index (χ4v) is 3.18. The number of thiophene rings is 1. The number of hydrogen-bond acceptors (Lipinski definition) is 3. The Morgan fingerprint density at radius 1 is 1.42 bits per heavy atom. The van der Waals surface area contributed by atoms with Crippen molar-refractivity contribution in [2.24, 2.45) is 0 Å². The average Bonchev–Trinajstić information content (AvgIpc) is 2.86. The molecular weight excluding hydrogens is 256 g/mol. The lowest BCUT2D eigenvalue weighted by Gasteiger charge is -2.37. The number of likely N-dealkylation sites (N-methyl/N-ethyl adjacent to an activating group) is 1. The molecule has 2 heterocycles. The minimum Gasteiger partial charge on any atom is -0.309 e. The van der Waals surface area contributed by atoms with Gasteiger partial charge in [-0.1, -0.05) is 13.8 Å². The van der Waals surface area contributed by atoms with Gasteiger partial charge in [-0.25, -0.2) is 0 Å². The first-order valence-corrected chi connectivity index (χ1v) is 8.04. The molecule has 0 radical (unpaired) electrons. The molecule has 1 unspecified atom stereocenters. The highest BCUT2D eigenvalue weighted by Crippen LogP contribution is 2.33. The van der Waals surface area contributed by atoms with Crippen molar-refractivity contribution in [3.8, 4) is 0 Å². The van der Waals surface area contributed by atoms with Crippen LogP contribution < -0.4 is 10.2 Å². The summed E-state index contributed by atoms with van der Waals surface area (Å²) in [6.45, 7) is 8.31. The number of carbonyl (C=O) groups excluding carboxylic acids is 1. The molecule has 19 heavy (non-hydrogen) atoms. The third-order valence-corrected chi connectivity index (χ3v) is 4.19. The van der Waals surface area contributed by atoms with E-state index in [1.54, 1.807) is 11.3 Å². The number of nitrogens with zero attached hydrogens (tertiary/aromatic N) is 1. The van der Waals surface area contributed by atoms with Crippen molar-refractivity contribution in [1.82, 2.24) is 5.32 Å². The summed E-state index contributed by atoms with van der Waals surface area (Å²) < 4.78 is 0. The van der Waals surface area contributed by atoms with Gasteiger partial charge in [-0.15, -0.1) is 0 Å². The molecule has 1 aliphatic rings. The maximum Gasteiger partial charge on any atom is 0.244 e. The number of carbonyl (C=O) groups is 1. The molecule has 1 aromatic rings. The predicted octanol–water partition coefficient (Wildman–Crippen LogP) is 3.66. The summed E-state index contributed by atoms with van der Waals surface area (Å²) in [5.74, 6) is 0.202. The molecule has 1 aliphatic heterocycles. The van der Waals surface area contributed by atoms with Crippen molar-refractivity contribution in [3.05, 3.63) is 16.8 Å². The lowest BCUT2D eigenvalue weighted by Crippen LogP contribution is -2.52. The van der Waals surface area contributed by atoms with Crippen LogP contribution in [0.3, 0.4) is 0 Å².